The maximum absolute atomic E-state index is 10.1. The summed E-state index contributed by atoms with van der Waals surface area (Å²) in [5, 5.41) is 20.1. The molecule has 0 radical (unpaired) electrons. The average Bonchev–Trinajstić information content (AvgIpc) is 2.39. The first-order valence-corrected chi connectivity index (χ1v) is 5.55. The molecule has 0 saturated heterocycles. The van der Waals surface area contributed by atoms with Crippen molar-refractivity contribution in [3.63, 3.8) is 0 Å². The third-order valence-corrected chi connectivity index (χ3v) is 1.99. The van der Waals surface area contributed by atoms with Crippen LogP contribution in [0.1, 0.15) is 0 Å². The molecule has 0 saturated carbocycles. The van der Waals surface area contributed by atoms with Crippen LogP contribution in [-0.4, -0.2) is 28.1 Å². The monoisotopic (exact) mass is 296 g/mol. The smallest absolute Gasteiger partial charge is 0.287 e. The van der Waals surface area contributed by atoms with E-state index >= 15 is 0 Å². The molecule has 106 valence electrons. The summed E-state index contributed by atoms with van der Waals surface area (Å²) < 4.78 is 0.491. The van der Waals surface area contributed by atoms with Gasteiger partial charge in [0.15, 0.2) is 0 Å². The van der Waals surface area contributed by atoms with Gasteiger partial charge in [0.1, 0.15) is 4.64 Å². The molecule has 8 nitrogen and oxygen atoms in total. The summed E-state index contributed by atoms with van der Waals surface area (Å²) in [5.74, 6) is 0. The summed E-state index contributed by atoms with van der Waals surface area (Å²) in [6, 6.07) is 2.84. The minimum Gasteiger partial charge on any atom is -0.347 e. The first-order chi connectivity index (χ1) is 9.42. The van der Waals surface area contributed by atoms with Gasteiger partial charge in [-0.1, -0.05) is 24.9 Å². The second kappa shape index (κ2) is 9.28. The van der Waals surface area contributed by atoms with Gasteiger partial charge in [-0.05, 0) is 6.07 Å². The number of aliphatic imine (C=N–C) groups is 1. The van der Waals surface area contributed by atoms with Gasteiger partial charge in [0, 0.05) is 19.2 Å². The number of rotatable bonds is 4. The average molecular weight is 296 g/mol. The summed E-state index contributed by atoms with van der Waals surface area (Å²) in [7, 11) is 1.47. The van der Waals surface area contributed by atoms with Crippen molar-refractivity contribution in [2.75, 3.05) is 7.05 Å². The van der Waals surface area contributed by atoms with Gasteiger partial charge in [-0.2, -0.15) is 0 Å². The normalized spacial score (nSPS) is 10.6. The maximum atomic E-state index is 10.1. The Morgan fingerprint density at radius 2 is 2.10 bits per heavy atom. The van der Waals surface area contributed by atoms with E-state index in [1.54, 1.807) is 0 Å². The molecule has 0 spiro atoms. The highest BCUT2D eigenvalue weighted by Crippen LogP contribution is 2.05. The number of H-pyrrole nitrogens is 1. The van der Waals surface area contributed by atoms with Gasteiger partial charge in [0.25, 0.3) is 11.4 Å². The van der Waals surface area contributed by atoms with Gasteiger partial charge in [0.2, 0.25) is 0 Å². The molecule has 0 bridgehead atoms. The van der Waals surface area contributed by atoms with Crippen molar-refractivity contribution in [2.45, 2.75) is 0 Å². The van der Waals surface area contributed by atoms with E-state index in [1.807, 2.05) is 0 Å². The fourth-order valence-electron chi connectivity index (χ4n) is 0.920. The lowest BCUT2D eigenvalue weighted by Gasteiger charge is -1.87. The number of hydrogen-bond acceptors (Lipinski definition) is 6. The zero-order valence-electron chi connectivity index (χ0n) is 10.6. The van der Waals surface area contributed by atoms with E-state index in [2.05, 4.69) is 28.8 Å². The molecule has 9 heteroatoms. The third-order valence-electron chi connectivity index (χ3n) is 1.74. The van der Waals surface area contributed by atoms with Crippen molar-refractivity contribution < 1.29 is 9.85 Å². The van der Waals surface area contributed by atoms with E-state index in [0.717, 1.165) is 0 Å². The Kier molecular flexibility index (Phi) is 8.03. The molecule has 0 aromatic carbocycles. The van der Waals surface area contributed by atoms with Crippen LogP contribution in [0.5, 0.6) is 0 Å². The lowest BCUT2D eigenvalue weighted by atomic mass is 10.4. The minimum absolute atomic E-state index is 0.0219. The van der Waals surface area contributed by atoms with E-state index in [1.165, 1.54) is 43.7 Å². The van der Waals surface area contributed by atoms with Crippen molar-refractivity contribution in [2.24, 2.45) is 4.99 Å². The van der Waals surface area contributed by atoms with E-state index < -0.39 is 9.85 Å². The largest absolute Gasteiger partial charge is 0.347 e. The molecular formula is C11H12N4O4S. The zero-order valence-corrected chi connectivity index (χ0v) is 11.4. The molecule has 1 N–H and O–H groups in total. The molecule has 0 aliphatic rings. The molecule has 0 aliphatic heterocycles. The molecule has 0 atom stereocenters. The second-order valence-corrected chi connectivity index (χ2v) is 3.58. The summed E-state index contributed by atoms with van der Waals surface area (Å²) >= 11 is 4.68. The summed E-state index contributed by atoms with van der Waals surface area (Å²) in [6.07, 6.45) is 5.07. The predicted molar refractivity (Wildman–Crippen MR) is 78.0 cm³/mol. The van der Waals surface area contributed by atoms with Crippen LogP contribution in [-0.2, 0) is 0 Å². The Balaban J connectivity index is 0.000000361. The Labute approximate surface area is 119 Å². The molecule has 0 fully saturated rings. The van der Waals surface area contributed by atoms with Crippen LogP contribution in [0.3, 0.4) is 0 Å². The summed E-state index contributed by atoms with van der Waals surface area (Å²) in [4.78, 5) is 25.2. The lowest BCUT2D eigenvalue weighted by Crippen LogP contribution is -1.98. The van der Waals surface area contributed by atoms with E-state index in [-0.39, 0.29) is 11.4 Å². The van der Waals surface area contributed by atoms with Crippen LogP contribution in [0.25, 0.3) is 0 Å². The Morgan fingerprint density at radius 1 is 1.45 bits per heavy atom. The molecule has 1 heterocycles. The van der Waals surface area contributed by atoms with Crippen molar-refractivity contribution in [1.29, 1.82) is 0 Å². The van der Waals surface area contributed by atoms with Crippen LogP contribution in [0.15, 0.2) is 47.7 Å². The number of aromatic nitrogens is 1. The van der Waals surface area contributed by atoms with Crippen molar-refractivity contribution >= 4 is 24.1 Å². The van der Waals surface area contributed by atoms with Crippen LogP contribution in [0.2, 0.25) is 0 Å². The zero-order chi connectivity index (χ0) is 15.5. The number of allylic oxidation sites excluding steroid dienone is 3. The van der Waals surface area contributed by atoms with Gasteiger partial charge >= 0.3 is 0 Å². The highest BCUT2D eigenvalue weighted by Gasteiger charge is 2.02. The maximum Gasteiger partial charge on any atom is 0.287 e. The standard InChI is InChI=1S/C6H8N2O2.C5H4N2O2S/c1-3-4-6(5-7-2)8(9)10;8-7(9)4-1-2-5(10)6-3-4/h3-5H,1H2,2H3;1-3H,(H,6,10)/b6-4+,7-5?;. The SMILES string of the molecule is C=C/C=C(\C=NC)[N+](=O)[O-].O=[N+]([O-])c1ccc(=S)[nH]c1. The summed E-state index contributed by atoms with van der Waals surface area (Å²) in [5.41, 5.74) is -0.0360. The topological polar surface area (TPSA) is 114 Å². The number of nitrogens with one attached hydrogen (secondary N) is 1. The van der Waals surface area contributed by atoms with Gasteiger partial charge in [-0.15, -0.1) is 0 Å². The van der Waals surface area contributed by atoms with E-state index in [9.17, 15) is 20.2 Å². The third kappa shape index (κ3) is 6.91. The Hall–Kier alpha value is -2.68. The number of hydrogen-bond donors (Lipinski definition) is 1. The minimum atomic E-state index is -0.519. The van der Waals surface area contributed by atoms with Gasteiger partial charge in [-0.3, -0.25) is 25.2 Å². The van der Waals surface area contributed by atoms with Gasteiger partial charge in [-0.25, -0.2) is 0 Å². The molecule has 1 aromatic rings. The lowest BCUT2D eigenvalue weighted by molar-refractivity contribution is -0.414. The van der Waals surface area contributed by atoms with Crippen LogP contribution in [0, 0.1) is 24.9 Å². The van der Waals surface area contributed by atoms with Crippen LogP contribution < -0.4 is 0 Å². The van der Waals surface area contributed by atoms with Crippen molar-refractivity contribution in [3.8, 4) is 0 Å². The first-order valence-electron chi connectivity index (χ1n) is 5.14. The van der Waals surface area contributed by atoms with Gasteiger partial charge in [0.05, 0.1) is 22.3 Å². The van der Waals surface area contributed by atoms with Crippen LogP contribution >= 0.6 is 12.2 Å². The first kappa shape index (κ1) is 17.3. The fraction of sp³-hybridized carbons (Fsp3) is 0.0909. The highest BCUT2D eigenvalue weighted by molar-refractivity contribution is 7.71. The second-order valence-electron chi connectivity index (χ2n) is 3.14. The number of pyridine rings is 1. The molecule has 1 rings (SSSR count). The van der Waals surface area contributed by atoms with Crippen molar-refractivity contribution in [1.82, 2.24) is 4.98 Å². The fourth-order valence-corrected chi connectivity index (χ4v) is 1.05. The highest BCUT2D eigenvalue weighted by atomic mass is 32.1. The molecule has 0 unspecified atom stereocenters. The number of nitrogens with zero attached hydrogens (tertiary/aromatic N) is 3. The Morgan fingerprint density at radius 3 is 2.45 bits per heavy atom. The molecule has 1 aromatic heterocycles. The van der Waals surface area contributed by atoms with Crippen molar-refractivity contribution in [3.05, 3.63) is 67.6 Å². The van der Waals surface area contributed by atoms with Gasteiger partial charge < -0.3 is 4.98 Å². The summed E-state index contributed by atoms with van der Waals surface area (Å²) in [6.45, 7) is 3.32. The Bertz CT molecular complexity index is 586. The predicted octanol–water partition coefficient (Wildman–Crippen LogP) is 2.69. The number of aromatic amines is 1. The molecule has 0 aliphatic carbocycles. The molecular weight excluding hydrogens is 284 g/mol. The van der Waals surface area contributed by atoms with E-state index in [4.69, 9.17) is 0 Å². The molecule has 0 amide bonds. The number of nitro groups is 2. The van der Waals surface area contributed by atoms with Crippen LogP contribution in [0.4, 0.5) is 5.69 Å². The molecule has 20 heavy (non-hydrogen) atoms. The quantitative estimate of drug-likeness (QED) is 0.301. The van der Waals surface area contributed by atoms with E-state index in [0.29, 0.717) is 4.64 Å².